The van der Waals surface area contributed by atoms with Crippen molar-refractivity contribution in [3.05, 3.63) is 59.7 Å². The van der Waals surface area contributed by atoms with Crippen LogP contribution in [0.1, 0.15) is 44.2 Å². The molecule has 0 saturated carbocycles. The fraction of sp³-hybridized carbons (Fsp3) is 0.429. The van der Waals surface area contributed by atoms with Gasteiger partial charge in [0.1, 0.15) is 0 Å². The Morgan fingerprint density at radius 1 is 0.955 bits per heavy atom. The Bertz CT molecular complexity index is 621. The van der Waals surface area contributed by atoms with Crippen LogP contribution < -0.4 is 0 Å². The zero-order valence-corrected chi connectivity index (χ0v) is 14.0. The predicted octanol–water partition coefficient (Wildman–Crippen LogP) is 5.42. The lowest BCUT2D eigenvalue weighted by Crippen LogP contribution is -2.42. The third kappa shape index (κ3) is 3.25. The average Bonchev–Trinajstić information content (AvgIpc) is 2.52. The van der Waals surface area contributed by atoms with E-state index in [-0.39, 0.29) is 0 Å². The molecular weight excluding hydrogens is 266 g/mol. The molecule has 1 nitrogen and oxygen atoms in total. The number of hydrogen-bond acceptors (Lipinski definition) is 1. The highest BCUT2D eigenvalue weighted by molar-refractivity contribution is 5.67. The van der Waals surface area contributed by atoms with Crippen LogP contribution in [0, 0.1) is 6.92 Å². The molecule has 1 saturated heterocycles. The van der Waals surface area contributed by atoms with Gasteiger partial charge in [-0.3, -0.25) is 4.90 Å². The Kier molecular flexibility index (Phi) is 4.63. The monoisotopic (exact) mass is 293 g/mol. The molecule has 1 aliphatic heterocycles. The SMILES string of the molecule is Cc1ccccc1-c1cccc(CN2[C@H](C)CCC[C@@H]2C)c1. The van der Waals surface area contributed by atoms with Gasteiger partial charge in [0.15, 0.2) is 0 Å². The predicted molar refractivity (Wildman–Crippen MR) is 94.9 cm³/mol. The first kappa shape index (κ1) is 15.3. The van der Waals surface area contributed by atoms with Crippen molar-refractivity contribution in [1.29, 1.82) is 0 Å². The molecule has 116 valence electrons. The van der Waals surface area contributed by atoms with E-state index < -0.39 is 0 Å². The van der Waals surface area contributed by atoms with Gasteiger partial charge in [-0.1, -0.05) is 48.9 Å². The van der Waals surface area contributed by atoms with Crippen LogP contribution in [0.25, 0.3) is 11.1 Å². The molecule has 1 heteroatoms. The van der Waals surface area contributed by atoms with Crippen molar-refractivity contribution in [3.63, 3.8) is 0 Å². The van der Waals surface area contributed by atoms with E-state index in [0.717, 1.165) is 6.54 Å². The second-order valence-electron chi connectivity index (χ2n) is 6.82. The topological polar surface area (TPSA) is 3.24 Å². The van der Waals surface area contributed by atoms with Crippen molar-refractivity contribution in [2.24, 2.45) is 0 Å². The zero-order valence-electron chi connectivity index (χ0n) is 14.0. The summed E-state index contributed by atoms with van der Waals surface area (Å²) < 4.78 is 0. The van der Waals surface area contributed by atoms with Crippen molar-refractivity contribution in [2.45, 2.75) is 58.7 Å². The first-order chi connectivity index (χ1) is 10.6. The van der Waals surface area contributed by atoms with Gasteiger partial charge in [0, 0.05) is 18.6 Å². The number of benzene rings is 2. The molecule has 1 heterocycles. The maximum Gasteiger partial charge on any atom is 0.0239 e. The normalized spacial score (nSPS) is 22.7. The number of likely N-dealkylation sites (tertiary alicyclic amines) is 1. The lowest BCUT2D eigenvalue weighted by molar-refractivity contribution is 0.0953. The van der Waals surface area contributed by atoms with Crippen LogP contribution in [0.5, 0.6) is 0 Å². The quantitative estimate of drug-likeness (QED) is 0.730. The van der Waals surface area contributed by atoms with Gasteiger partial charge in [-0.05, 0) is 61.9 Å². The van der Waals surface area contributed by atoms with Crippen LogP contribution in [0.2, 0.25) is 0 Å². The zero-order chi connectivity index (χ0) is 15.5. The number of aryl methyl sites for hydroxylation is 1. The second-order valence-corrected chi connectivity index (χ2v) is 6.82. The second kappa shape index (κ2) is 6.66. The van der Waals surface area contributed by atoms with E-state index in [1.165, 1.54) is 41.5 Å². The highest BCUT2D eigenvalue weighted by Crippen LogP contribution is 2.27. The molecule has 0 spiro atoms. The van der Waals surface area contributed by atoms with Gasteiger partial charge >= 0.3 is 0 Å². The first-order valence-corrected chi connectivity index (χ1v) is 8.56. The first-order valence-electron chi connectivity index (χ1n) is 8.56. The summed E-state index contributed by atoms with van der Waals surface area (Å²) in [6, 6.07) is 19.1. The molecular formula is C21H27N. The molecule has 0 unspecified atom stereocenters. The van der Waals surface area contributed by atoms with Crippen LogP contribution in [0.4, 0.5) is 0 Å². The molecule has 2 aromatic rings. The van der Waals surface area contributed by atoms with Crippen LogP contribution in [0.3, 0.4) is 0 Å². The van der Waals surface area contributed by atoms with Crippen molar-refractivity contribution in [1.82, 2.24) is 4.90 Å². The summed E-state index contributed by atoms with van der Waals surface area (Å²) in [7, 11) is 0. The van der Waals surface area contributed by atoms with Gasteiger partial charge in [-0.2, -0.15) is 0 Å². The number of hydrogen-bond donors (Lipinski definition) is 0. The van der Waals surface area contributed by atoms with E-state index in [4.69, 9.17) is 0 Å². The average molecular weight is 293 g/mol. The third-order valence-corrected chi connectivity index (χ3v) is 5.12. The van der Waals surface area contributed by atoms with Crippen LogP contribution in [0.15, 0.2) is 48.5 Å². The van der Waals surface area contributed by atoms with Gasteiger partial charge in [-0.15, -0.1) is 0 Å². The van der Waals surface area contributed by atoms with Crippen molar-refractivity contribution in [3.8, 4) is 11.1 Å². The minimum absolute atomic E-state index is 0.700. The molecule has 0 amide bonds. The molecule has 1 fully saturated rings. The Morgan fingerprint density at radius 3 is 2.41 bits per heavy atom. The number of rotatable bonds is 3. The third-order valence-electron chi connectivity index (χ3n) is 5.12. The van der Waals surface area contributed by atoms with Crippen LogP contribution >= 0.6 is 0 Å². The molecule has 2 aromatic carbocycles. The molecule has 0 aliphatic carbocycles. The summed E-state index contributed by atoms with van der Waals surface area (Å²) in [6.45, 7) is 8.01. The number of nitrogens with zero attached hydrogens (tertiary/aromatic N) is 1. The lowest BCUT2D eigenvalue weighted by atomic mass is 9.95. The van der Waals surface area contributed by atoms with E-state index in [9.17, 15) is 0 Å². The number of piperidine rings is 1. The van der Waals surface area contributed by atoms with E-state index in [1.807, 2.05) is 0 Å². The van der Waals surface area contributed by atoms with E-state index >= 15 is 0 Å². The highest BCUT2D eigenvalue weighted by atomic mass is 15.2. The Hall–Kier alpha value is -1.60. The van der Waals surface area contributed by atoms with Crippen molar-refractivity contribution in [2.75, 3.05) is 0 Å². The molecule has 1 aliphatic rings. The molecule has 3 rings (SSSR count). The van der Waals surface area contributed by atoms with Gasteiger partial charge in [0.25, 0.3) is 0 Å². The highest BCUT2D eigenvalue weighted by Gasteiger charge is 2.24. The maximum atomic E-state index is 2.67. The van der Waals surface area contributed by atoms with Crippen molar-refractivity contribution >= 4 is 0 Å². The minimum Gasteiger partial charge on any atom is -0.294 e. The summed E-state index contributed by atoms with van der Waals surface area (Å²) in [6.07, 6.45) is 4.05. The van der Waals surface area contributed by atoms with E-state index in [0.29, 0.717) is 12.1 Å². The minimum atomic E-state index is 0.700. The van der Waals surface area contributed by atoms with Crippen molar-refractivity contribution < 1.29 is 0 Å². The maximum absolute atomic E-state index is 2.67. The Balaban J connectivity index is 1.84. The largest absolute Gasteiger partial charge is 0.294 e. The molecule has 0 bridgehead atoms. The fourth-order valence-corrected chi connectivity index (χ4v) is 3.73. The summed E-state index contributed by atoms with van der Waals surface area (Å²) >= 11 is 0. The summed E-state index contributed by atoms with van der Waals surface area (Å²) in [5.74, 6) is 0. The smallest absolute Gasteiger partial charge is 0.0239 e. The van der Waals surface area contributed by atoms with Gasteiger partial charge < -0.3 is 0 Å². The summed E-state index contributed by atoms with van der Waals surface area (Å²) in [5, 5.41) is 0. The van der Waals surface area contributed by atoms with Gasteiger partial charge in [-0.25, -0.2) is 0 Å². The molecule has 2 atom stereocenters. The fourth-order valence-electron chi connectivity index (χ4n) is 3.73. The summed E-state index contributed by atoms with van der Waals surface area (Å²) in [5.41, 5.74) is 5.47. The molecule has 0 aromatic heterocycles. The van der Waals surface area contributed by atoms with Gasteiger partial charge in [0.2, 0.25) is 0 Å². The lowest BCUT2D eigenvalue weighted by Gasteiger charge is -2.39. The standard InChI is InChI=1S/C21H27N/c1-16-8-4-5-13-21(16)20-12-7-11-19(14-20)15-22-17(2)9-6-10-18(22)3/h4-5,7-8,11-14,17-18H,6,9-10,15H2,1-3H3/t17-,18+. The van der Waals surface area contributed by atoms with E-state index in [2.05, 4.69) is 74.2 Å². The van der Waals surface area contributed by atoms with E-state index in [1.54, 1.807) is 0 Å². The van der Waals surface area contributed by atoms with Crippen LogP contribution in [-0.4, -0.2) is 17.0 Å². The molecule has 0 N–H and O–H groups in total. The van der Waals surface area contributed by atoms with Gasteiger partial charge in [0.05, 0.1) is 0 Å². The Labute approximate surface area is 135 Å². The Morgan fingerprint density at radius 2 is 1.68 bits per heavy atom. The molecule has 0 radical (unpaired) electrons. The molecule has 22 heavy (non-hydrogen) atoms. The summed E-state index contributed by atoms with van der Waals surface area (Å²) in [4.78, 5) is 2.67. The van der Waals surface area contributed by atoms with Crippen LogP contribution in [-0.2, 0) is 6.54 Å².